The molecule has 108 valence electrons. The van der Waals surface area contributed by atoms with Crippen LogP contribution in [0.2, 0.25) is 0 Å². The minimum Gasteiger partial charge on any atom is -0.493 e. The maximum absolute atomic E-state index is 5.38. The average molecular weight is 275 g/mol. The maximum atomic E-state index is 5.38. The van der Waals surface area contributed by atoms with Crippen molar-refractivity contribution in [2.24, 2.45) is 7.05 Å². The van der Waals surface area contributed by atoms with Gasteiger partial charge in [0.1, 0.15) is 0 Å². The van der Waals surface area contributed by atoms with E-state index in [4.69, 9.17) is 9.47 Å². The van der Waals surface area contributed by atoms with Crippen molar-refractivity contribution in [1.82, 2.24) is 14.9 Å². The van der Waals surface area contributed by atoms with Crippen molar-refractivity contribution in [3.05, 3.63) is 42.0 Å². The van der Waals surface area contributed by atoms with Gasteiger partial charge in [0.25, 0.3) is 0 Å². The molecule has 1 aromatic carbocycles. The van der Waals surface area contributed by atoms with Crippen molar-refractivity contribution in [1.29, 1.82) is 0 Å². The molecule has 0 saturated carbocycles. The predicted molar refractivity (Wildman–Crippen MR) is 78.3 cm³/mol. The third-order valence-corrected chi connectivity index (χ3v) is 3.30. The number of ether oxygens (including phenoxy) is 2. The second kappa shape index (κ2) is 6.43. The molecule has 1 unspecified atom stereocenters. The number of methoxy groups -OCH3 is 2. The molecule has 1 heterocycles. The number of nitrogens with one attached hydrogen (secondary N) is 1. The first-order valence-corrected chi connectivity index (χ1v) is 6.62. The van der Waals surface area contributed by atoms with Gasteiger partial charge in [0.05, 0.1) is 38.5 Å². The zero-order valence-electron chi connectivity index (χ0n) is 12.4. The number of aromatic nitrogens is 2. The molecule has 0 aliphatic rings. The van der Waals surface area contributed by atoms with E-state index in [1.807, 2.05) is 36.0 Å². The monoisotopic (exact) mass is 275 g/mol. The molecule has 1 atom stereocenters. The van der Waals surface area contributed by atoms with Crippen LogP contribution in [0.1, 0.15) is 24.2 Å². The standard InChI is InChI=1S/C15H21N3O2/c1-5-17-15(12-9-16-10-18(12)2)11-6-7-13(19-3)14(8-11)20-4/h6-10,15,17H,5H2,1-4H3. The van der Waals surface area contributed by atoms with Gasteiger partial charge in [-0.25, -0.2) is 4.98 Å². The van der Waals surface area contributed by atoms with Gasteiger partial charge in [-0.15, -0.1) is 0 Å². The Morgan fingerprint density at radius 2 is 2.00 bits per heavy atom. The number of rotatable bonds is 6. The smallest absolute Gasteiger partial charge is 0.161 e. The van der Waals surface area contributed by atoms with Crippen molar-refractivity contribution >= 4 is 0 Å². The van der Waals surface area contributed by atoms with Gasteiger partial charge in [-0.05, 0) is 24.2 Å². The summed E-state index contributed by atoms with van der Waals surface area (Å²) in [5, 5.41) is 3.47. The third kappa shape index (κ3) is 2.77. The first kappa shape index (κ1) is 14.4. The molecular weight excluding hydrogens is 254 g/mol. The van der Waals surface area contributed by atoms with Gasteiger partial charge in [0.15, 0.2) is 11.5 Å². The van der Waals surface area contributed by atoms with Gasteiger partial charge < -0.3 is 19.4 Å². The minimum atomic E-state index is 0.0762. The summed E-state index contributed by atoms with van der Waals surface area (Å²) in [6, 6.07) is 6.04. The molecule has 0 fully saturated rings. The Labute approximate surface area is 119 Å². The van der Waals surface area contributed by atoms with Crippen molar-refractivity contribution in [2.45, 2.75) is 13.0 Å². The molecule has 0 aliphatic carbocycles. The van der Waals surface area contributed by atoms with E-state index in [9.17, 15) is 0 Å². The second-order valence-corrected chi connectivity index (χ2v) is 4.53. The number of benzene rings is 1. The second-order valence-electron chi connectivity index (χ2n) is 4.53. The van der Waals surface area contributed by atoms with Crippen molar-refractivity contribution in [3.63, 3.8) is 0 Å². The van der Waals surface area contributed by atoms with Gasteiger partial charge in [-0.1, -0.05) is 13.0 Å². The summed E-state index contributed by atoms with van der Waals surface area (Å²) in [4.78, 5) is 4.19. The molecule has 0 saturated heterocycles. The Balaban J connectivity index is 2.42. The Morgan fingerprint density at radius 3 is 2.55 bits per heavy atom. The van der Waals surface area contributed by atoms with E-state index in [0.717, 1.165) is 29.3 Å². The lowest BCUT2D eigenvalue weighted by molar-refractivity contribution is 0.354. The summed E-state index contributed by atoms with van der Waals surface area (Å²) < 4.78 is 12.7. The van der Waals surface area contributed by atoms with Crippen LogP contribution in [0.15, 0.2) is 30.7 Å². The summed E-state index contributed by atoms with van der Waals surface area (Å²) in [6.07, 6.45) is 3.68. The van der Waals surface area contributed by atoms with Gasteiger partial charge in [0, 0.05) is 7.05 Å². The lowest BCUT2D eigenvalue weighted by Crippen LogP contribution is -2.24. The van der Waals surface area contributed by atoms with Crippen molar-refractivity contribution in [2.75, 3.05) is 20.8 Å². The van der Waals surface area contributed by atoms with Gasteiger partial charge in [0.2, 0.25) is 0 Å². The molecule has 0 bridgehead atoms. The molecule has 0 spiro atoms. The topological polar surface area (TPSA) is 48.3 Å². The Kier molecular flexibility index (Phi) is 4.63. The van der Waals surface area contributed by atoms with E-state index in [0.29, 0.717) is 0 Å². The maximum Gasteiger partial charge on any atom is 0.161 e. The van der Waals surface area contributed by atoms with Crippen LogP contribution in [0.25, 0.3) is 0 Å². The van der Waals surface area contributed by atoms with Crippen LogP contribution in [-0.4, -0.2) is 30.3 Å². The van der Waals surface area contributed by atoms with E-state index in [1.54, 1.807) is 20.5 Å². The normalized spacial score (nSPS) is 12.2. The van der Waals surface area contributed by atoms with Crippen molar-refractivity contribution in [3.8, 4) is 11.5 Å². The minimum absolute atomic E-state index is 0.0762. The number of hydrogen-bond acceptors (Lipinski definition) is 4. The highest BCUT2D eigenvalue weighted by molar-refractivity contribution is 5.45. The third-order valence-electron chi connectivity index (χ3n) is 3.30. The summed E-state index contributed by atoms with van der Waals surface area (Å²) >= 11 is 0. The molecule has 20 heavy (non-hydrogen) atoms. The Morgan fingerprint density at radius 1 is 1.25 bits per heavy atom. The van der Waals surface area contributed by atoms with E-state index >= 15 is 0 Å². The fourth-order valence-electron chi connectivity index (χ4n) is 2.28. The molecule has 2 aromatic rings. The van der Waals surface area contributed by atoms with Crippen LogP contribution in [0, 0.1) is 0 Å². The lowest BCUT2D eigenvalue weighted by Gasteiger charge is -2.20. The van der Waals surface area contributed by atoms with Crippen LogP contribution in [0.4, 0.5) is 0 Å². The summed E-state index contributed by atoms with van der Waals surface area (Å²) in [5.74, 6) is 1.46. The molecule has 0 aliphatic heterocycles. The van der Waals surface area contributed by atoms with Gasteiger partial charge >= 0.3 is 0 Å². The number of hydrogen-bond donors (Lipinski definition) is 1. The highest BCUT2D eigenvalue weighted by Gasteiger charge is 2.18. The Bertz CT molecular complexity index is 566. The molecule has 0 radical (unpaired) electrons. The van der Waals surface area contributed by atoms with E-state index in [1.165, 1.54) is 0 Å². The summed E-state index contributed by atoms with van der Waals surface area (Å²) in [5.41, 5.74) is 2.23. The van der Waals surface area contributed by atoms with Crippen LogP contribution >= 0.6 is 0 Å². The van der Waals surface area contributed by atoms with Gasteiger partial charge in [-0.3, -0.25) is 0 Å². The Hall–Kier alpha value is -2.01. The lowest BCUT2D eigenvalue weighted by atomic mass is 10.0. The molecule has 0 amide bonds. The van der Waals surface area contributed by atoms with Gasteiger partial charge in [-0.2, -0.15) is 0 Å². The fourth-order valence-corrected chi connectivity index (χ4v) is 2.28. The molecule has 2 rings (SSSR count). The van der Waals surface area contributed by atoms with Crippen LogP contribution in [0.5, 0.6) is 11.5 Å². The molecule has 5 nitrogen and oxygen atoms in total. The van der Waals surface area contributed by atoms with Crippen LogP contribution in [-0.2, 0) is 7.05 Å². The largest absolute Gasteiger partial charge is 0.493 e. The van der Waals surface area contributed by atoms with Crippen LogP contribution in [0.3, 0.4) is 0 Å². The highest BCUT2D eigenvalue weighted by atomic mass is 16.5. The van der Waals surface area contributed by atoms with Crippen molar-refractivity contribution < 1.29 is 9.47 Å². The molecule has 1 aromatic heterocycles. The fraction of sp³-hybridized carbons (Fsp3) is 0.400. The van der Waals surface area contributed by atoms with Crippen LogP contribution < -0.4 is 14.8 Å². The van der Waals surface area contributed by atoms with E-state index < -0.39 is 0 Å². The quantitative estimate of drug-likeness (QED) is 0.877. The van der Waals surface area contributed by atoms with E-state index in [-0.39, 0.29) is 6.04 Å². The van der Waals surface area contributed by atoms with E-state index in [2.05, 4.69) is 17.2 Å². The SMILES string of the molecule is CCNC(c1ccc(OC)c(OC)c1)c1cncn1C. The molecule has 1 N–H and O–H groups in total. The summed E-state index contributed by atoms with van der Waals surface area (Å²) in [6.45, 7) is 2.95. The predicted octanol–water partition coefficient (Wildman–Crippen LogP) is 2.14. The first-order chi connectivity index (χ1) is 9.71. The number of nitrogens with zero attached hydrogens (tertiary/aromatic N) is 2. The first-order valence-electron chi connectivity index (χ1n) is 6.62. The molecule has 5 heteroatoms. The average Bonchev–Trinajstić information content (AvgIpc) is 2.90. The molecular formula is C15H21N3O2. The number of imidazole rings is 1. The highest BCUT2D eigenvalue weighted by Crippen LogP contribution is 2.32. The summed E-state index contributed by atoms with van der Waals surface area (Å²) in [7, 11) is 5.28. The zero-order valence-corrected chi connectivity index (χ0v) is 12.4. The zero-order chi connectivity index (χ0) is 14.5. The number of aryl methyl sites for hydroxylation is 1.